The highest BCUT2D eigenvalue weighted by molar-refractivity contribution is 5.93. The zero-order chi connectivity index (χ0) is 20.5. The third-order valence-corrected chi connectivity index (χ3v) is 5.83. The maximum atomic E-state index is 12.6. The Balaban J connectivity index is 1.39. The summed E-state index contributed by atoms with van der Waals surface area (Å²) in [7, 11) is 0. The van der Waals surface area contributed by atoms with Crippen LogP contribution in [0.15, 0.2) is 35.3 Å². The van der Waals surface area contributed by atoms with Crippen molar-refractivity contribution in [1.82, 2.24) is 19.9 Å². The van der Waals surface area contributed by atoms with E-state index in [1.807, 2.05) is 18.2 Å². The van der Waals surface area contributed by atoms with Gasteiger partial charge in [0, 0.05) is 18.2 Å². The van der Waals surface area contributed by atoms with E-state index in [0.717, 1.165) is 18.4 Å². The summed E-state index contributed by atoms with van der Waals surface area (Å²) in [6.07, 6.45) is 7.76. The molecule has 0 spiro atoms. The number of carbonyl (C=O) groups is 1. The van der Waals surface area contributed by atoms with Gasteiger partial charge in [-0.05, 0) is 37.0 Å². The Kier molecular flexibility index (Phi) is 4.90. The minimum atomic E-state index is -0.304. The van der Waals surface area contributed by atoms with Crippen LogP contribution in [-0.2, 0) is 0 Å². The van der Waals surface area contributed by atoms with Crippen LogP contribution in [0.25, 0.3) is 16.8 Å². The highest BCUT2D eigenvalue weighted by Gasteiger charge is 2.18. The summed E-state index contributed by atoms with van der Waals surface area (Å²) >= 11 is 0. The number of aromatic amines is 1. The lowest BCUT2D eigenvalue weighted by molar-refractivity contribution is 0.0938. The van der Waals surface area contributed by atoms with Crippen molar-refractivity contribution < 1.29 is 14.3 Å². The third-order valence-electron chi connectivity index (χ3n) is 5.83. The number of benzene rings is 1. The van der Waals surface area contributed by atoms with E-state index in [4.69, 9.17) is 9.47 Å². The molecule has 0 saturated heterocycles. The quantitative estimate of drug-likeness (QED) is 0.692. The number of carbonyl (C=O) groups excluding carboxylic acids is 1. The number of nitrogens with one attached hydrogen (secondary N) is 2. The smallest absolute Gasteiger partial charge is 0.274 e. The fraction of sp³-hybridized carbons (Fsp3) is 0.409. The van der Waals surface area contributed by atoms with Crippen molar-refractivity contribution in [2.45, 2.75) is 32.1 Å². The Hall–Kier alpha value is -3.29. The normalized spacial score (nSPS) is 16.5. The molecule has 8 nitrogen and oxygen atoms in total. The molecule has 156 valence electrons. The summed E-state index contributed by atoms with van der Waals surface area (Å²) in [6, 6.07) is 7.03. The van der Waals surface area contributed by atoms with Crippen LogP contribution in [0.4, 0.5) is 0 Å². The van der Waals surface area contributed by atoms with Crippen molar-refractivity contribution in [3.63, 3.8) is 0 Å². The van der Waals surface area contributed by atoms with Gasteiger partial charge in [-0.1, -0.05) is 19.3 Å². The second-order valence-corrected chi connectivity index (χ2v) is 7.93. The SMILES string of the molecule is O=C(NCC1CCCCC1)c1cc2c(=O)[nH]c(-c3ccc4c(c3)OCCO4)cn2n1. The first-order chi connectivity index (χ1) is 14.7. The van der Waals surface area contributed by atoms with Crippen molar-refractivity contribution >= 4 is 11.4 Å². The van der Waals surface area contributed by atoms with Gasteiger partial charge in [0.15, 0.2) is 17.2 Å². The molecule has 5 rings (SSSR count). The van der Waals surface area contributed by atoms with Crippen LogP contribution >= 0.6 is 0 Å². The molecule has 1 amide bonds. The molecule has 1 aliphatic heterocycles. The van der Waals surface area contributed by atoms with Crippen molar-refractivity contribution in [3.05, 3.63) is 46.5 Å². The topological polar surface area (TPSA) is 97.7 Å². The molecule has 8 heteroatoms. The number of aromatic nitrogens is 3. The Morgan fingerprint density at radius 3 is 2.77 bits per heavy atom. The van der Waals surface area contributed by atoms with Crippen LogP contribution in [0.2, 0.25) is 0 Å². The average molecular weight is 408 g/mol. The molecule has 3 aromatic rings. The monoisotopic (exact) mass is 408 g/mol. The Labute approximate surface area is 173 Å². The van der Waals surface area contributed by atoms with Gasteiger partial charge in [0.1, 0.15) is 18.7 Å². The lowest BCUT2D eigenvalue weighted by Gasteiger charge is -2.21. The summed E-state index contributed by atoms with van der Waals surface area (Å²) in [6.45, 7) is 1.67. The van der Waals surface area contributed by atoms with Crippen molar-refractivity contribution in [2.75, 3.05) is 19.8 Å². The minimum Gasteiger partial charge on any atom is -0.486 e. The van der Waals surface area contributed by atoms with Gasteiger partial charge in [0.05, 0.1) is 11.9 Å². The highest BCUT2D eigenvalue weighted by atomic mass is 16.6. The van der Waals surface area contributed by atoms with Gasteiger partial charge < -0.3 is 19.8 Å². The van der Waals surface area contributed by atoms with Gasteiger partial charge in [-0.3, -0.25) is 9.59 Å². The molecular formula is C22H24N4O4. The van der Waals surface area contributed by atoms with Gasteiger partial charge in [0.25, 0.3) is 11.5 Å². The number of amides is 1. The Bertz CT molecular complexity index is 1140. The summed E-state index contributed by atoms with van der Waals surface area (Å²) in [5.74, 6) is 1.61. The molecular weight excluding hydrogens is 384 g/mol. The number of hydrogen-bond donors (Lipinski definition) is 2. The third kappa shape index (κ3) is 3.65. The van der Waals surface area contributed by atoms with Crippen molar-refractivity contribution in [1.29, 1.82) is 0 Å². The molecule has 0 unspecified atom stereocenters. The van der Waals surface area contributed by atoms with Crippen molar-refractivity contribution in [3.8, 4) is 22.8 Å². The van der Waals surface area contributed by atoms with Gasteiger partial charge >= 0.3 is 0 Å². The largest absolute Gasteiger partial charge is 0.486 e. The van der Waals surface area contributed by atoms with E-state index in [0.29, 0.717) is 48.4 Å². The zero-order valence-electron chi connectivity index (χ0n) is 16.6. The van der Waals surface area contributed by atoms with Crippen LogP contribution in [0.5, 0.6) is 11.5 Å². The molecule has 0 atom stereocenters. The van der Waals surface area contributed by atoms with Gasteiger partial charge in [0.2, 0.25) is 0 Å². The highest BCUT2D eigenvalue weighted by Crippen LogP contribution is 2.33. The van der Waals surface area contributed by atoms with Crippen LogP contribution in [0.3, 0.4) is 0 Å². The number of fused-ring (bicyclic) bond motifs is 2. The lowest BCUT2D eigenvalue weighted by atomic mass is 9.89. The fourth-order valence-corrected chi connectivity index (χ4v) is 4.19. The molecule has 1 aromatic carbocycles. The molecule has 2 N–H and O–H groups in total. The molecule has 2 aromatic heterocycles. The maximum Gasteiger partial charge on any atom is 0.274 e. The summed E-state index contributed by atoms with van der Waals surface area (Å²) in [5.41, 5.74) is 1.63. The second-order valence-electron chi connectivity index (χ2n) is 7.93. The first-order valence-corrected chi connectivity index (χ1v) is 10.5. The zero-order valence-corrected chi connectivity index (χ0v) is 16.6. The van der Waals surface area contributed by atoms with Gasteiger partial charge in [-0.2, -0.15) is 5.10 Å². The number of nitrogens with zero attached hydrogens (tertiary/aromatic N) is 2. The van der Waals surface area contributed by atoms with Crippen LogP contribution in [0.1, 0.15) is 42.6 Å². The average Bonchev–Trinajstić information content (AvgIpc) is 3.23. The summed E-state index contributed by atoms with van der Waals surface area (Å²) in [4.78, 5) is 28.0. The maximum absolute atomic E-state index is 12.6. The van der Waals surface area contributed by atoms with E-state index >= 15 is 0 Å². The van der Waals surface area contributed by atoms with E-state index in [-0.39, 0.29) is 17.2 Å². The standard InChI is InChI=1S/C22H24N4O4/c27-21(23-12-14-4-2-1-3-5-14)16-11-18-22(28)24-17(13-26(18)25-16)15-6-7-19-20(10-15)30-9-8-29-19/h6-7,10-11,13-14H,1-5,8-9,12H2,(H,23,27)(H,24,28). The predicted octanol–water partition coefficient (Wildman–Crippen LogP) is 2.77. The minimum absolute atomic E-state index is 0.246. The van der Waals surface area contributed by atoms with E-state index in [1.165, 1.54) is 29.8 Å². The lowest BCUT2D eigenvalue weighted by Crippen LogP contribution is -2.30. The Morgan fingerprint density at radius 1 is 1.13 bits per heavy atom. The van der Waals surface area contributed by atoms with Crippen LogP contribution in [-0.4, -0.2) is 40.3 Å². The van der Waals surface area contributed by atoms with Gasteiger partial charge in [-0.25, -0.2) is 4.52 Å². The predicted molar refractivity (Wildman–Crippen MR) is 111 cm³/mol. The van der Waals surface area contributed by atoms with Crippen molar-refractivity contribution in [2.24, 2.45) is 5.92 Å². The van der Waals surface area contributed by atoms with E-state index < -0.39 is 0 Å². The fourth-order valence-electron chi connectivity index (χ4n) is 4.19. The summed E-state index contributed by atoms with van der Waals surface area (Å²) in [5, 5.41) is 7.31. The Morgan fingerprint density at radius 2 is 1.93 bits per heavy atom. The molecule has 1 aliphatic carbocycles. The number of hydrogen-bond acceptors (Lipinski definition) is 5. The molecule has 2 aliphatic rings. The second kappa shape index (κ2) is 7.85. The number of H-pyrrole nitrogens is 1. The molecule has 1 saturated carbocycles. The molecule has 0 bridgehead atoms. The molecule has 1 fully saturated rings. The van der Waals surface area contributed by atoms with E-state index in [2.05, 4.69) is 15.4 Å². The molecule has 0 radical (unpaired) electrons. The molecule has 30 heavy (non-hydrogen) atoms. The summed E-state index contributed by atoms with van der Waals surface area (Å²) < 4.78 is 12.6. The first-order valence-electron chi connectivity index (χ1n) is 10.5. The number of ether oxygens (including phenoxy) is 2. The van der Waals surface area contributed by atoms with Gasteiger partial charge in [-0.15, -0.1) is 0 Å². The van der Waals surface area contributed by atoms with E-state index in [9.17, 15) is 9.59 Å². The number of rotatable bonds is 4. The van der Waals surface area contributed by atoms with E-state index in [1.54, 1.807) is 6.20 Å². The molecule has 3 heterocycles. The van der Waals surface area contributed by atoms with Crippen LogP contribution in [0, 0.1) is 5.92 Å². The first kappa shape index (κ1) is 18.7. The van der Waals surface area contributed by atoms with Crippen LogP contribution < -0.4 is 20.3 Å².